The van der Waals surface area contributed by atoms with Gasteiger partial charge in [0.2, 0.25) is 5.54 Å². The van der Waals surface area contributed by atoms with Gasteiger partial charge in [-0.3, -0.25) is 9.69 Å². The van der Waals surface area contributed by atoms with Crippen LogP contribution in [-0.4, -0.2) is 53.8 Å². The molecule has 1 N–H and O–H groups in total. The Bertz CT molecular complexity index is 947. The van der Waals surface area contributed by atoms with E-state index in [4.69, 9.17) is 4.74 Å². The van der Waals surface area contributed by atoms with Gasteiger partial charge in [0.1, 0.15) is 0 Å². The van der Waals surface area contributed by atoms with Crippen molar-refractivity contribution in [2.75, 3.05) is 19.8 Å². The Balaban J connectivity index is 1.39. The van der Waals surface area contributed by atoms with E-state index in [1.165, 1.54) is 24.3 Å². The van der Waals surface area contributed by atoms with Crippen molar-refractivity contribution >= 4 is 11.9 Å². The van der Waals surface area contributed by atoms with E-state index in [0.29, 0.717) is 37.4 Å². The minimum absolute atomic E-state index is 0.0214. The normalized spacial score (nSPS) is 22.9. The number of imide groups is 1. The highest BCUT2D eigenvalue weighted by atomic mass is 19.4. The third-order valence-corrected chi connectivity index (χ3v) is 5.94. The van der Waals surface area contributed by atoms with Gasteiger partial charge in [-0.2, -0.15) is 13.2 Å². The van der Waals surface area contributed by atoms with Crippen molar-refractivity contribution in [3.05, 3.63) is 71.8 Å². The van der Waals surface area contributed by atoms with E-state index >= 15 is 0 Å². The fourth-order valence-corrected chi connectivity index (χ4v) is 4.15. The van der Waals surface area contributed by atoms with Gasteiger partial charge in [-0.15, -0.1) is 0 Å². The second kappa shape index (κ2) is 8.91. The molecule has 6 nitrogen and oxygen atoms in total. The van der Waals surface area contributed by atoms with Crippen LogP contribution in [0.2, 0.25) is 0 Å². The largest absolute Gasteiger partial charge is 0.425 e. The third-order valence-electron chi connectivity index (χ3n) is 5.94. The van der Waals surface area contributed by atoms with Crippen LogP contribution in [0, 0.1) is 0 Å². The number of amides is 3. The number of nitrogens with one attached hydrogen (secondary N) is 1. The number of hydrogen-bond acceptors (Lipinski definition) is 4. The number of benzene rings is 2. The molecule has 2 fully saturated rings. The zero-order chi connectivity index (χ0) is 22.8. The maximum absolute atomic E-state index is 14.1. The fourth-order valence-electron chi connectivity index (χ4n) is 4.15. The zero-order valence-electron chi connectivity index (χ0n) is 17.3. The summed E-state index contributed by atoms with van der Waals surface area (Å²) in [6.45, 7) is 1.33. The summed E-state index contributed by atoms with van der Waals surface area (Å²) in [6.07, 6.45) is -3.62. The van der Waals surface area contributed by atoms with Gasteiger partial charge in [-0.1, -0.05) is 60.7 Å². The first-order chi connectivity index (χ1) is 15.3. The van der Waals surface area contributed by atoms with Gasteiger partial charge in [0.15, 0.2) is 0 Å². The first-order valence-electron chi connectivity index (χ1n) is 10.5. The molecule has 1 atom stereocenters. The zero-order valence-corrected chi connectivity index (χ0v) is 17.3. The molecule has 2 saturated heterocycles. The number of carbonyl (C=O) groups is 2. The molecule has 2 heterocycles. The predicted octanol–water partition coefficient (Wildman–Crippen LogP) is 3.63. The molecule has 1 unspecified atom stereocenters. The Morgan fingerprint density at radius 1 is 0.969 bits per heavy atom. The molecule has 2 aromatic carbocycles. The Labute approximate surface area is 183 Å². The van der Waals surface area contributed by atoms with Crippen molar-refractivity contribution < 1.29 is 27.5 Å². The number of carbonyl (C=O) groups excluding carboxylic acids is 2. The molecule has 32 heavy (non-hydrogen) atoms. The summed E-state index contributed by atoms with van der Waals surface area (Å²) >= 11 is 0. The van der Waals surface area contributed by atoms with E-state index in [-0.39, 0.29) is 18.3 Å². The van der Waals surface area contributed by atoms with Gasteiger partial charge < -0.3 is 10.1 Å². The molecular weight excluding hydrogens is 423 g/mol. The smallest absolute Gasteiger partial charge is 0.373 e. The molecule has 2 aliphatic rings. The van der Waals surface area contributed by atoms with Crippen molar-refractivity contribution in [3.8, 4) is 0 Å². The molecule has 0 aliphatic carbocycles. The first kappa shape index (κ1) is 22.3. The molecule has 3 amide bonds. The number of halogens is 3. The van der Waals surface area contributed by atoms with Crippen LogP contribution in [0.15, 0.2) is 60.7 Å². The highest BCUT2D eigenvalue weighted by molar-refractivity contribution is 6.08. The molecule has 0 spiro atoms. The van der Waals surface area contributed by atoms with Crippen LogP contribution in [0.1, 0.15) is 24.0 Å². The van der Waals surface area contributed by atoms with Gasteiger partial charge >= 0.3 is 12.2 Å². The van der Waals surface area contributed by atoms with Crippen molar-refractivity contribution in [1.82, 2.24) is 15.1 Å². The molecule has 0 aromatic heterocycles. The molecule has 0 radical (unpaired) electrons. The monoisotopic (exact) mass is 447 g/mol. The topological polar surface area (TPSA) is 61.9 Å². The summed E-state index contributed by atoms with van der Waals surface area (Å²) in [5.74, 6) is -1.30. The lowest BCUT2D eigenvalue weighted by Gasteiger charge is -2.34. The first-order valence-corrected chi connectivity index (χ1v) is 10.5. The van der Waals surface area contributed by atoms with Crippen molar-refractivity contribution in [3.63, 3.8) is 0 Å². The molecule has 0 bridgehead atoms. The lowest BCUT2D eigenvalue weighted by molar-refractivity contribution is -0.198. The predicted molar refractivity (Wildman–Crippen MR) is 110 cm³/mol. The van der Waals surface area contributed by atoms with Crippen LogP contribution in [-0.2, 0) is 21.7 Å². The minimum atomic E-state index is -4.98. The Morgan fingerprint density at radius 3 is 2.16 bits per heavy atom. The standard InChI is InChI=1S/C23H24F3N3O3/c24-23(25,26)22(18-9-5-2-6-10-18)20(30)29(21(31)27-22)16-28-13-11-19(12-14-28)32-15-17-7-3-1-4-8-17/h1-10,19H,11-16H2,(H,27,31). The summed E-state index contributed by atoms with van der Waals surface area (Å²) in [5, 5.41) is 1.92. The van der Waals surface area contributed by atoms with Crippen molar-refractivity contribution in [2.45, 2.75) is 37.3 Å². The third kappa shape index (κ3) is 4.22. The fraction of sp³-hybridized carbons (Fsp3) is 0.391. The van der Waals surface area contributed by atoms with Gasteiger partial charge in [0, 0.05) is 13.1 Å². The van der Waals surface area contributed by atoms with Gasteiger partial charge in [-0.25, -0.2) is 9.69 Å². The average molecular weight is 447 g/mol. The summed E-state index contributed by atoms with van der Waals surface area (Å²) in [4.78, 5) is 27.9. The summed E-state index contributed by atoms with van der Waals surface area (Å²) < 4.78 is 48.1. The van der Waals surface area contributed by atoms with E-state index in [0.717, 1.165) is 5.56 Å². The Morgan fingerprint density at radius 2 is 1.56 bits per heavy atom. The summed E-state index contributed by atoms with van der Waals surface area (Å²) in [5.41, 5.74) is -2.30. The number of hydrogen-bond donors (Lipinski definition) is 1. The number of urea groups is 1. The van der Waals surface area contributed by atoms with E-state index < -0.39 is 23.7 Å². The van der Waals surface area contributed by atoms with Crippen molar-refractivity contribution in [2.24, 2.45) is 0 Å². The maximum atomic E-state index is 14.1. The van der Waals surface area contributed by atoms with Crippen LogP contribution < -0.4 is 5.32 Å². The minimum Gasteiger partial charge on any atom is -0.373 e. The highest BCUT2D eigenvalue weighted by Crippen LogP contribution is 2.43. The number of likely N-dealkylation sites (tertiary alicyclic amines) is 1. The number of alkyl halides is 3. The van der Waals surface area contributed by atoms with E-state index in [9.17, 15) is 22.8 Å². The molecule has 2 aliphatic heterocycles. The second-order valence-electron chi connectivity index (χ2n) is 8.03. The maximum Gasteiger partial charge on any atom is 0.425 e. The molecule has 4 rings (SSSR count). The van der Waals surface area contributed by atoms with E-state index in [2.05, 4.69) is 0 Å². The quantitative estimate of drug-likeness (QED) is 0.687. The van der Waals surface area contributed by atoms with Crippen LogP contribution in [0.3, 0.4) is 0 Å². The van der Waals surface area contributed by atoms with Crippen LogP contribution in [0.25, 0.3) is 0 Å². The van der Waals surface area contributed by atoms with Crippen LogP contribution >= 0.6 is 0 Å². The van der Waals surface area contributed by atoms with Gasteiger partial charge in [0.25, 0.3) is 5.91 Å². The number of piperidine rings is 1. The lowest BCUT2D eigenvalue weighted by atomic mass is 9.89. The van der Waals surface area contributed by atoms with Gasteiger partial charge in [-0.05, 0) is 24.0 Å². The van der Waals surface area contributed by atoms with Gasteiger partial charge in [0.05, 0.1) is 19.4 Å². The molecule has 0 saturated carbocycles. The molecule has 9 heteroatoms. The molecule has 170 valence electrons. The number of rotatable bonds is 6. The van der Waals surface area contributed by atoms with Crippen LogP contribution in [0.4, 0.5) is 18.0 Å². The Kier molecular flexibility index (Phi) is 6.21. The lowest BCUT2D eigenvalue weighted by Crippen LogP contribution is -2.56. The molecule has 2 aromatic rings. The Hall–Kier alpha value is -2.91. The van der Waals surface area contributed by atoms with Crippen LogP contribution in [0.5, 0.6) is 0 Å². The highest BCUT2D eigenvalue weighted by Gasteiger charge is 2.68. The SMILES string of the molecule is O=C1NC(c2ccccc2)(C(F)(F)F)C(=O)N1CN1CCC(OCc2ccccc2)CC1. The van der Waals surface area contributed by atoms with E-state index in [1.807, 2.05) is 35.6 Å². The molecular formula is C23H24F3N3O3. The average Bonchev–Trinajstić information content (AvgIpc) is 3.05. The summed E-state index contributed by atoms with van der Waals surface area (Å²) in [7, 11) is 0. The van der Waals surface area contributed by atoms with Crippen molar-refractivity contribution in [1.29, 1.82) is 0 Å². The van der Waals surface area contributed by atoms with E-state index in [1.54, 1.807) is 11.0 Å². The summed E-state index contributed by atoms with van der Waals surface area (Å²) in [6, 6.07) is 15.5. The number of nitrogens with zero attached hydrogens (tertiary/aromatic N) is 2. The number of ether oxygens (including phenoxy) is 1. The second-order valence-corrected chi connectivity index (χ2v) is 8.03.